The molecule has 0 aromatic heterocycles. The summed E-state index contributed by atoms with van der Waals surface area (Å²) in [5.41, 5.74) is 0. The second kappa shape index (κ2) is 4.91. The number of phenolic OH excluding ortho intramolecular Hbond substituents is 1. The Hall–Kier alpha value is -1.97. The number of rotatable bonds is 3. The summed E-state index contributed by atoms with van der Waals surface area (Å²) in [5, 5.41) is 9.26. The van der Waals surface area contributed by atoms with Crippen LogP contribution in [0.25, 0.3) is 0 Å². The highest BCUT2D eigenvalue weighted by Gasteiger charge is 1.97. The summed E-state index contributed by atoms with van der Waals surface area (Å²) in [6.45, 7) is 0. The molecule has 4 heteroatoms. The maximum atomic E-state index is 10.6. The van der Waals surface area contributed by atoms with E-state index >= 15 is 0 Å². The fourth-order valence-electron chi connectivity index (χ4n) is 0.788. The summed E-state index contributed by atoms with van der Waals surface area (Å²) < 4.78 is 9.33. The fraction of sp³-hybridized carbons (Fsp3) is 0.100. The molecule has 1 aromatic carbocycles. The van der Waals surface area contributed by atoms with Gasteiger partial charge in [0.25, 0.3) is 0 Å². The van der Waals surface area contributed by atoms with Gasteiger partial charge >= 0.3 is 5.97 Å². The van der Waals surface area contributed by atoms with E-state index in [1.807, 2.05) is 0 Å². The number of benzene rings is 1. The minimum Gasteiger partial charge on any atom is -0.504 e. The van der Waals surface area contributed by atoms with Crippen LogP contribution in [0.15, 0.2) is 36.6 Å². The number of esters is 1. The summed E-state index contributed by atoms with van der Waals surface area (Å²) in [5.74, 6) is -0.213. The van der Waals surface area contributed by atoms with Crippen LogP contribution < -0.4 is 4.74 Å². The molecule has 1 N–H and O–H groups in total. The van der Waals surface area contributed by atoms with Gasteiger partial charge in [0, 0.05) is 0 Å². The summed E-state index contributed by atoms with van der Waals surface area (Å²) in [6.07, 6.45) is 2.27. The van der Waals surface area contributed by atoms with E-state index in [4.69, 9.17) is 4.74 Å². The number of carbonyl (C=O) groups is 1. The van der Waals surface area contributed by atoms with E-state index in [2.05, 4.69) is 4.74 Å². The van der Waals surface area contributed by atoms with Crippen molar-refractivity contribution in [2.75, 3.05) is 7.11 Å². The zero-order valence-electron chi connectivity index (χ0n) is 7.64. The van der Waals surface area contributed by atoms with Gasteiger partial charge in [-0.15, -0.1) is 0 Å². The lowest BCUT2D eigenvalue weighted by Crippen LogP contribution is -1.95. The Bertz CT molecular complexity index is 344. The Kier molecular flexibility index (Phi) is 3.55. The monoisotopic (exact) mass is 194 g/mol. The van der Waals surface area contributed by atoms with Crippen LogP contribution in [0.4, 0.5) is 0 Å². The van der Waals surface area contributed by atoms with Crippen LogP contribution >= 0.6 is 0 Å². The molecule has 0 spiro atoms. The summed E-state index contributed by atoms with van der Waals surface area (Å²) in [6, 6.07) is 6.45. The van der Waals surface area contributed by atoms with Gasteiger partial charge in [-0.05, 0) is 12.1 Å². The van der Waals surface area contributed by atoms with E-state index < -0.39 is 5.97 Å². The number of para-hydroxylation sites is 2. The van der Waals surface area contributed by atoms with Crippen LogP contribution in [-0.2, 0) is 9.53 Å². The van der Waals surface area contributed by atoms with Crippen LogP contribution in [0.5, 0.6) is 11.5 Å². The molecule has 0 amide bonds. The second-order valence-corrected chi connectivity index (χ2v) is 2.41. The maximum absolute atomic E-state index is 10.6. The molecule has 0 unspecified atom stereocenters. The van der Waals surface area contributed by atoms with E-state index in [1.54, 1.807) is 18.2 Å². The number of phenols is 1. The van der Waals surface area contributed by atoms with Gasteiger partial charge in [0.05, 0.1) is 19.4 Å². The molecule has 4 nitrogen and oxygen atoms in total. The van der Waals surface area contributed by atoms with Gasteiger partial charge in [0.1, 0.15) is 0 Å². The standard InChI is InChI=1S/C10H10O4/c1-13-10(12)6-7-14-9-5-3-2-4-8(9)11/h2-7,11H,1H3. The molecular formula is C10H10O4. The molecule has 1 rings (SSSR count). The van der Waals surface area contributed by atoms with Crippen molar-refractivity contribution in [3.8, 4) is 11.5 Å². The normalized spacial score (nSPS) is 10.1. The Morgan fingerprint density at radius 2 is 2.14 bits per heavy atom. The summed E-state index contributed by atoms with van der Waals surface area (Å²) in [4.78, 5) is 10.6. The van der Waals surface area contributed by atoms with E-state index in [-0.39, 0.29) is 11.5 Å². The third-order valence-corrected chi connectivity index (χ3v) is 1.47. The minimum absolute atomic E-state index is 0.0158. The molecule has 0 saturated heterocycles. The van der Waals surface area contributed by atoms with Gasteiger partial charge in [-0.1, -0.05) is 12.1 Å². The quantitative estimate of drug-likeness (QED) is 0.449. The van der Waals surface area contributed by atoms with Gasteiger partial charge in [-0.25, -0.2) is 4.79 Å². The SMILES string of the molecule is COC(=O)C=COc1ccccc1O. The fourth-order valence-corrected chi connectivity index (χ4v) is 0.788. The molecule has 74 valence electrons. The lowest BCUT2D eigenvalue weighted by Gasteiger charge is -2.01. The molecule has 0 saturated carbocycles. The Labute approximate surface area is 81.4 Å². The highest BCUT2D eigenvalue weighted by molar-refractivity contribution is 5.81. The molecule has 0 fully saturated rings. The van der Waals surface area contributed by atoms with Crippen molar-refractivity contribution in [2.24, 2.45) is 0 Å². The van der Waals surface area contributed by atoms with E-state index in [1.165, 1.54) is 13.2 Å². The zero-order chi connectivity index (χ0) is 10.4. The molecule has 14 heavy (non-hydrogen) atoms. The van der Waals surface area contributed by atoms with Crippen LogP contribution in [0.1, 0.15) is 0 Å². The minimum atomic E-state index is -0.513. The van der Waals surface area contributed by atoms with Crippen LogP contribution in [0.3, 0.4) is 0 Å². The molecule has 0 radical (unpaired) electrons. The Morgan fingerprint density at radius 3 is 2.79 bits per heavy atom. The molecule has 0 aliphatic rings. The molecule has 0 bridgehead atoms. The number of methoxy groups -OCH3 is 1. The number of hydrogen-bond donors (Lipinski definition) is 1. The van der Waals surface area contributed by atoms with E-state index in [0.29, 0.717) is 0 Å². The lowest BCUT2D eigenvalue weighted by atomic mass is 10.3. The highest BCUT2D eigenvalue weighted by Crippen LogP contribution is 2.24. The molecule has 0 atom stereocenters. The lowest BCUT2D eigenvalue weighted by molar-refractivity contribution is -0.134. The third kappa shape index (κ3) is 2.82. The van der Waals surface area contributed by atoms with Crippen LogP contribution in [0, 0.1) is 0 Å². The predicted molar refractivity (Wildman–Crippen MR) is 49.9 cm³/mol. The van der Waals surface area contributed by atoms with Crippen LogP contribution in [-0.4, -0.2) is 18.2 Å². The molecule has 0 heterocycles. The van der Waals surface area contributed by atoms with E-state index in [9.17, 15) is 9.90 Å². The van der Waals surface area contributed by atoms with Crippen molar-refractivity contribution >= 4 is 5.97 Å². The highest BCUT2D eigenvalue weighted by atomic mass is 16.5. The van der Waals surface area contributed by atoms with Gasteiger partial charge in [0.2, 0.25) is 0 Å². The number of hydrogen-bond acceptors (Lipinski definition) is 4. The van der Waals surface area contributed by atoms with Gasteiger partial charge in [-0.2, -0.15) is 0 Å². The first-order valence-corrected chi connectivity index (χ1v) is 3.93. The van der Waals surface area contributed by atoms with Crippen molar-refractivity contribution in [3.05, 3.63) is 36.6 Å². The predicted octanol–water partition coefficient (Wildman–Crippen LogP) is 1.46. The maximum Gasteiger partial charge on any atom is 0.333 e. The van der Waals surface area contributed by atoms with Crippen molar-refractivity contribution in [3.63, 3.8) is 0 Å². The van der Waals surface area contributed by atoms with E-state index in [0.717, 1.165) is 12.3 Å². The molecule has 1 aromatic rings. The Balaban J connectivity index is 2.58. The van der Waals surface area contributed by atoms with Crippen LogP contribution in [0.2, 0.25) is 0 Å². The second-order valence-electron chi connectivity index (χ2n) is 2.41. The summed E-state index contributed by atoms with van der Waals surface area (Å²) in [7, 11) is 1.27. The van der Waals surface area contributed by atoms with Crippen molar-refractivity contribution in [1.29, 1.82) is 0 Å². The average Bonchev–Trinajstić information content (AvgIpc) is 2.20. The Morgan fingerprint density at radius 1 is 1.43 bits per heavy atom. The average molecular weight is 194 g/mol. The van der Waals surface area contributed by atoms with Crippen molar-refractivity contribution in [1.82, 2.24) is 0 Å². The summed E-state index contributed by atoms with van der Waals surface area (Å²) >= 11 is 0. The van der Waals surface area contributed by atoms with Gasteiger partial charge in [0.15, 0.2) is 11.5 Å². The molecule has 0 aliphatic carbocycles. The third-order valence-electron chi connectivity index (χ3n) is 1.47. The van der Waals surface area contributed by atoms with Crippen molar-refractivity contribution in [2.45, 2.75) is 0 Å². The van der Waals surface area contributed by atoms with Gasteiger partial charge < -0.3 is 14.6 Å². The smallest absolute Gasteiger partial charge is 0.333 e. The topological polar surface area (TPSA) is 55.8 Å². The first-order chi connectivity index (χ1) is 6.74. The number of carbonyl (C=O) groups excluding carboxylic acids is 1. The number of ether oxygens (including phenoxy) is 2. The number of aromatic hydroxyl groups is 1. The zero-order valence-corrected chi connectivity index (χ0v) is 7.64. The molecule has 0 aliphatic heterocycles. The van der Waals surface area contributed by atoms with Crippen molar-refractivity contribution < 1.29 is 19.4 Å². The van der Waals surface area contributed by atoms with Gasteiger partial charge in [-0.3, -0.25) is 0 Å². The first-order valence-electron chi connectivity index (χ1n) is 3.93. The largest absolute Gasteiger partial charge is 0.504 e. The first kappa shape index (κ1) is 10.1. The molecular weight excluding hydrogens is 184 g/mol.